The molecule has 3 heterocycles. The lowest BCUT2D eigenvalue weighted by atomic mass is 9.81. The van der Waals surface area contributed by atoms with Gasteiger partial charge in [0.1, 0.15) is 10.7 Å². The number of aromatic nitrogens is 2. The minimum absolute atomic E-state index is 0.0258. The van der Waals surface area contributed by atoms with Crippen molar-refractivity contribution in [3.63, 3.8) is 0 Å². The molecule has 2 amide bonds. The van der Waals surface area contributed by atoms with Gasteiger partial charge in [-0.1, -0.05) is 41.0 Å². The van der Waals surface area contributed by atoms with Crippen molar-refractivity contribution in [2.24, 2.45) is 29.6 Å². The number of hydrogen-bond donors (Lipinski definition) is 1. The van der Waals surface area contributed by atoms with Gasteiger partial charge in [0.05, 0.1) is 11.0 Å². The van der Waals surface area contributed by atoms with E-state index in [2.05, 4.69) is 54.8 Å². The van der Waals surface area contributed by atoms with Gasteiger partial charge in [0.15, 0.2) is 11.9 Å². The molecule has 0 radical (unpaired) electrons. The van der Waals surface area contributed by atoms with Crippen molar-refractivity contribution in [3.05, 3.63) is 32.7 Å². The first-order valence-corrected chi connectivity index (χ1v) is 19.8. The highest BCUT2D eigenvalue weighted by atomic mass is 32.1. The molecule has 0 unspecified atom stereocenters. The molecule has 2 aliphatic rings. The molecule has 10 nitrogen and oxygen atoms in total. The van der Waals surface area contributed by atoms with E-state index in [1.54, 1.807) is 27.8 Å². The summed E-state index contributed by atoms with van der Waals surface area (Å²) in [5.41, 5.74) is 0.278. The van der Waals surface area contributed by atoms with Crippen LogP contribution in [0.2, 0.25) is 0 Å². The number of Topliss-reactive ketones (excluding diaryl/α,β-unsaturated/α-hetero) is 1. The first-order valence-electron chi connectivity index (χ1n) is 18.1. The predicted molar refractivity (Wildman–Crippen MR) is 194 cm³/mol. The standard InChI is InChI=1S/C37H57N5O5S2/c1-22(2)17-27(18-34-38-14-16-48-34)39-35(45)29-21-49-36(40-29)33(47-25(6)43)20-31(23(3)4)42(8)37(46)28(24(5)26-12-13-26)19-32(44)30-11-9-10-15-41(30)7/h14,16,21-24,26-28,30-31,33H,9-13,15,17-20H2,1-8H3,(H,39,45)/t24-,27+,28-,30+,31+,33+/m0/s1. The molecular formula is C37H57N5O5S2. The van der Waals surface area contributed by atoms with Crippen LogP contribution in [0.25, 0.3) is 0 Å². The maximum absolute atomic E-state index is 14.4. The highest BCUT2D eigenvalue weighted by Crippen LogP contribution is 2.43. The number of ketones is 1. The zero-order chi connectivity index (χ0) is 35.8. The Bertz CT molecular complexity index is 1390. The van der Waals surface area contributed by atoms with Crippen molar-refractivity contribution in [1.82, 2.24) is 25.1 Å². The minimum Gasteiger partial charge on any atom is -0.455 e. The number of carbonyl (C=O) groups excluding carboxylic acids is 4. The SMILES string of the molecule is CC(=O)O[C@H](C[C@H](C(C)C)N(C)C(=O)[C@@H](CC(=O)[C@H]1CCCCN1C)[C@@H](C)C1CC1)c1nc(C(=O)N[C@@H](Cc2nccs2)CC(C)C)cs1. The van der Waals surface area contributed by atoms with Crippen LogP contribution in [-0.4, -0.2) is 82.1 Å². The normalized spacial score (nSPS) is 20.0. The fraction of sp³-hybridized carbons (Fsp3) is 0.730. The van der Waals surface area contributed by atoms with Crippen LogP contribution in [0.4, 0.5) is 0 Å². The topological polar surface area (TPSA) is 122 Å². The van der Waals surface area contributed by atoms with E-state index in [-0.39, 0.29) is 59.7 Å². The Morgan fingerprint density at radius 1 is 1.06 bits per heavy atom. The number of hydrogen-bond acceptors (Lipinski definition) is 10. The quantitative estimate of drug-likeness (QED) is 0.172. The number of likely N-dealkylation sites (N-methyl/N-ethyl adjacent to an activating group) is 1. The van der Waals surface area contributed by atoms with E-state index >= 15 is 0 Å². The summed E-state index contributed by atoms with van der Waals surface area (Å²) in [4.78, 5) is 66.7. The first-order chi connectivity index (χ1) is 23.2. The third kappa shape index (κ3) is 11.1. The van der Waals surface area contributed by atoms with Gasteiger partial charge in [0, 0.05) is 68.2 Å². The van der Waals surface area contributed by atoms with Crippen molar-refractivity contribution >= 4 is 46.2 Å². The van der Waals surface area contributed by atoms with Crippen molar-refractivity contribution in [3.8, 4) is 0 Å². The number of esters is 1. The molecule has 0 aromatic carbocycles. The van der Waals surface area contributed by atoms with Crippen LogP contribution in [0.3, 0.4) is 0 Å². The average Bonchev–Trinajstić information content (AvgIpc) is 3.53. The molecule has 2 fully saturated rings. The van der Waals surface area contributed by atoms with E-state index < -0.39 is 18.0 Å². The van der Waals surface area contributed by atoms with E-state index in [4.69, 9.17) is 4.74 Å². The lowest BCUT2D eigenvalue weighted by molar-refractivity contribution is -0.149. The summed E-state index contributed by atoms with van der Waals surface area (Å²) in [6, 6.07) is -0.498. The summed E-state index contributed by atoms with van der Waals surface area (Å²) in [5.74, 6) is 0.0117. The minimum atomic E-state index is -0.731. The first kappa shape index (κ1) is 39.1. The molecule has 0 spiro atoms. The molecule has 1 aliphatic heterocycles. The van der Waals surface area contributed by atoms with Crippen LogP contribution >= 0.6 is 22.7 Å². The number of rotatable bonds is 18. The zero-order valence-electron chi connectivity index (χ0n) is 30.6. The molecule has 2 aromatic heterocycles. The van der Waals surface area contributed by atoms with Gasteiger partial charge < -0.3 is 15.0 Å². The second-order valence-corrected chi connectivity index (χ2v) is 16.9. The van der Waals surface area contributed by atoms with Gasteiger partial charge in [-0.15, -0.1) is 22.7 Å². The van der Waals surface area contributed by atoms with Crippen LogP contribution in [0, 0.1) is 29.6 Å². The summed E-state index contributed by atoms with van der Waals surface area (Å²) in [5, 5.41) is 8.28. The van der Waals surface area contributed by atoms with Crippen molar-refractivity contribution in [2.75, 3.05) is 20.6 Å². The Hall–Kier alpha value is -2.70. The average molecular weight is 716 g/mol. The molecule has 1 saturated heterocycles. The Balaban J connectivity index is 1.50. The molecule has 49 heavy (non-hydrogen) atoms. The Morgan fingerprint density at radius 2 is 1.80 bits per heavy atom. The lowest BCUT2D eigenvalue weighted by Crippen LogP contribution is -2.48. The molecular weight excluding hydrogens is 659 g/mol. The van der Waals surface area contributed by atoms with Crippen molar-refractivity contribution in [2.45, 2.75) is 124 Å². The second-order valence-electron chi connectivity index (χ2n) is 15.1. The largest absolute Gasteiger partial charge is 0.455 e. The van der Waals surface area contributed by atoms with Crippen LogP contribution in [0.1, 0.15) is 120 Å². The second kappa shape index (κ2) is 18.0. The van der Waals surface area contributed by atoms with E-state index in [0.29, 0.717) is 29.7 Å². The highest BCUT2D eigenvalue weighted by Gasteiger charge is 2.42. The zero-order valence-corrected chi connectivity index (χ0v) is 32.3. The van der Waals surface area contributed by atoms with Crippen molar-refractivity contribution < 1.29 is 23.9 Å². The van der Waals surface area contributed by atoms with E-state index in [9.17, 15) is 19.2 Å². The number of carbonyl (C=O) groups is 4. The fourth-order valence-corrected chi connectivity index (χ4v) is 8.87. The third-order valence-electron chi connectivity index (χ3n) is 10.3. The summed E-state index contributed by atoms with van der Waals surface area (Å²) in [6.07, 6.45) is 8.25. The number of nitrogens with zero attached hydrogens (tertiary/aromatic N) is 4. The number of ether oxygens (including phenoxy) is 1. The monoisotopic (exact) mass is 715 g/mol. The number of thiazole rings is 2. The molecule has 1 N–H and O–H groups in total. The molecule has 12 heteroatoms. The van der Waals surface area contributed by atoms with Gasteiger partial charge in [0.2, 0.25) is 5.91 Å². The summed E-state index contributed by atoms with van der Waals surface area (Å²) in [6.45, 7) is 12.8. The third-order valence-corrected chi connectivity index (χ3v) is 12.0. The smallest absolute Gasteiger partial charge is 0.303 e. The molecule has 0 bridgehead atoms. The maximum atomic E-state index is 14.4. The Morgan fingerprint density at radius 3 is 2.39 bits per heavy atom. The fourth-order valence-electron chi connectivity index (χ4n) is 7.33. The van der Waals surface area contributed by atoms with Crippen LogP contribution in [0.15, 0.2) is 17.0 Å². The maximum Gasteiger partial charge on any atom is 0.303 e. The van der Waals surface area contributed by atoms with E-state index in [1.165, 1.54) is 18.3 Å². The predicted octanol–water partition coefficient (Wildman–Crippen LogP) is 6.57. The van der Waals surface area contributed by atoms with Gasteiger partial charge in [-0.25, -0.2) is 9.97 Å². The van der Waals surface area contributed by atoms with E-state index in [1.807, 2.05) is 19.5 Å². The van der Waals surface area contributed by atoms with Crippen LogP contribution < -0.4 is 5.32 Å². The van der Waals surface area contributed by atoms with Gasteiger partial charge in [-0.05, 0) is 69.4 Å². The van der Waals surface area contributed by atoms with Gasteiger partial charge in [-0.2, -0.15) is 0 Å². The molecule has 1 aliphatic carbocycles. The molecule has 2 aromatic rings. The molecule has 272 valence electrons. The molecule has 4 rings (SSSR count). The molecule has 6 atom stereocenters. The lowest BCUT2D eigenvalue weighted by Gasteiger charge is -2.38. The summed E-state index contributed by atoms with van der Waals surface area (Å²) in [7, 11) is 3.83. The van der Waals surface area contributed by atoms with Gasteiger partial charge in [-0.3, -0.25) is 24.1 Å². The van der Waals surface area contributed by atoms with Gasteiger partial charge in [0.25, 0.3) is 5.91 Å². The number of nitrogens with one attached hydrogen (secondary N) is 1. The number of amides is 2. The summed E-state index contributed by atoms with van der Waals surface area (Å²) >= 11 is 2.86. The van der Waals surface area contributed by atoms with Crippen molar-refractivity contribution in [1.29, 1.82) is 0 Å². The Labute approximate surface area is 300 Å². The van der Waals surface area contributed by atoms with E-state index in [0.717, 1.165) is 50.1 Å². The highest BCUT2D eigenvalue weighted by molar-refractivity contribution is 7.10. The summed E-state index contributed by atoms with van der Waals surface area (Å²) < 4.78 is 5.83. The Kier molecular flexibility index (Phi) is 14.4. The molecule has 1 saturated carbocycles. The van der Waals surface area contributed by atoms with Crippen LogP contribution in [0.5, 0.6) is 0 Å². The van der Waals surface area contributed by atoms with Crippen LogP contribution in [-0.2, 0) is 25.5 Å². The number of likely N-dealkylation sites (tertiary alicyclic amines) is 1. The number of piperidine rings is 1. The van der Waals surface area contributed by atoms with Gasteiger partial charge >= 0.3 is 5.97 Å².